The lowest BCUT2D eigenvalue weighted by atomic mass is 9.98. The number of aromatic amines is 1. The van der Waals surface area contributed by atoms with Crippen LogP contribution in [0.4, 0.5) is 0 Å². The average molecular weight is 329 g/mol. The van der Waals surface area contributed by atoms with E-state index in [0.717, 1.165) is 16.6 Å². The van der Waals surface area contributed by atoms with Gasteiger partial charge in [0.05, 0.1) is 5.97 Å². The summed E-state index contributed by atoms with van der Waals surface area (Å²) in [6.07, 6.45) is 0.866. The lowest BCUT2D eigenvalue weighted by molar-refractivity contribution is -0.438. The first-order valence-corrected chi connectivity index (χ1v) is 7.92. The van der Waals surface area contributed by atoms with Gasteiger partial charge in [-0.2, -0.15) is 0 Å². The molecule has 3 rings (SSSR count). The number of carbonyl (C=O) groups is 2. The minimum Gasteiger partial charge on any atom is -0.544 e. The number of aromatic nitrogens is 1. The van der Waals surface area contributed by atoms with Crippen molar-refractivity contribution in [3.8, 4) is 0 Å². The monoisotopic (exact) mass is 329 g/mol. The fourth-order valence-corrected chi connectivity index (χ4v) is 3.08. The summed E-state index contributed by atoms with van der Waals surface area (Å²) in [6, 6.07) is 6.45. The normalized spacial score (nSPS) is 15.1. The van der Waals surface area contributed by atoms with Gasteiger partial charge in [-0.05, 0) is 17.0 Å². The van der Waals surface area contributed by atoms with Gasteiger partial charge in [0.2, 0.25) is 5.91 Å². The molecule has 1 atom stereocenters. The maximum atomic E-state index is 12.4. The van der Waals surface area contributed by atoms with Gasteiger partial charge < -0.3 is 25.5 Å². The van der Waals surface area contributed by atoms with Crippen LogP contribution < -0.4 is 16.4 Å². The van der Waals surface area contributed by atoms with E-state index in [9.17, 15) is 19.5 Å². The standard InChI is InChI=1S/C17H19N3O4/c18-13(17(23)24)5-6-15(21)20-8-7-14-12(9-20)10-3-1-2-4-11(10)16(22)19-14/h1-4,13H,5-9,18H2,(H,19,22)(H,23,24)/t13-/m0/s1. The molecule has 4 N–H and O–H groups in total. The van der Waals surface area contributed by atoms with E-state index in [1.165, 1.54) is 0 Å². The molecular formula is C17H19N3O4. The van der Waals surface area contributed by atoms with Crippen LogP contribution in [0.25, 0.3) is 10.8 Å². The van der Waals surface area contributed by atoms with Gasteiger partial charge in [0.1, 0.15) is 6.04 Å². The Kier molecular flexibility index (Phi) is 4.35. The van der Waals surface area contributed by atoms with Crippen LogP contribution in [0.2, 0.25) is 0 Å². The maximum Gasteiger partial charge on any atom is 0.256 e. The number of carboxylic acids is 1. The largest absolute Gasteiger partial charge is 0.544 e. The van der Waals surface area contributed by atoms with Crippen LogP contribution in [0, 0.1) is 0 Å². The van der Waals surface area contributed by atoms with Crippen molar-refractivity contribution in [2.24, 2.45) is 0 Å². The van der Waals surface area contributed by atoms with Crippen molar-refractivity contribution in [3.63, 3.8) is 0 Å². The van der Waals surface area contributed by atoms with Crippen LogP contribution in [-0.2, 0) is 22.6 Å². The number of fused-ring (bicyclic) bond motifs is 3. The first-order chi connectivity index (χ1) is 11.5. The molecule has 0 unspecified atom stereocenters. The SMILES string of the molecule is [NH3+][C@@H](CCC(=O)N1CCc2[nH]c(=O)c3ccccc3c2C1)C(=O)[O-]. The maximum absolute atomic E-state index is 12.4. The highest BCUT2D eigenvalue weighted by atomic mass is 16.4. The molecule has 7 heteroatoms. The summed E-state index contributed by atoms with van der Waals surface area (Å²) in [7, 11) is 0. The van der Waals surface area contributed by atoms with E-state index in [1.807, 2.05) is 18.2 Å². The third kappa shape index (κ3) is 3.03. The number of pyridine rings is 1. The number of aliphatic carboxylic acids is 1. The summed E-state index contributed by atoms with van der Waals surface area (Å²) >= 11 is 0. The number of carboxylic acid groups (broad SMARTS) is 1. The molecule has 7 nitrogen and oxygen atoms in total. The predicted octanol–water partition coefficient (Wildman–Crippen LogP) is -1.45. The average Bonchev–Trinajstić information content (AvgIpc) is 2.59. The van der Waals surface area contributed by atoms with E-state index >= 15 is 0 Å². The Balaban J connectivity index is 1.81. The molecule has 0 radical (unpaired) electrons. The molecule has 1 aliphatic rings. The van der Waals surface area contributed by atoms with Crippen molar-refractivity contribution in [3.05, 3.63) is 45.9 Å². The van der Waals surface area contributed by atoms with Crippen molar-refractivity contribution in [2.45, 2.75) is 31.8 Å². The topological polar surface area (TPSA) is 121 Å². The molecular weight excluding hydrogens is 310 g/mol. The molecule has 2 aromatic rings. The van der Waals surface area contributed by atoms with Gasteiger partial charge in [0.15, 0.2) is 0 Å². The first-order valence-electron chi connectivity index (χ1n) is 7.92. The third-order valence-electron chi connectivity index (χ3n) is 4.50. The number of hydrogen-bond donors (Lipinski definition) is 2. The summed E-state index contributed by atoms with van der Waals surface area (Å²) in [4.78, 5) is 39.8. The van der Waals surface area contributed by atoms with Crippen molar-refractivity contribution >= 4 is 22.6 Å². The lowest BCUT2D eigenvalue weighted by Gasteiger charge is -2.29. The van der Waals surface area contributed by atoms with E-state index in [-0.39, 0.29) is 24.3 Å². The Morgan fingerprint density at radius 2 is 2.00 bits per heavy atom. The van der Waals surface area contributed by atoms with Crippen molar-refractivity contribution in [1.29, 1.82) is 0 Å². The molecule has 1 amide bonds. The second-order valence-electron chi connectivity index (χ2n) is 6.08. The van der Waals surface area contributed by atoms with Crippen LogP contribution in [0.3, 0.4) is 0 Å². The number of hydrogen-bond acceptors (Lipinski definition) is 4. The molecule has 0 saturated carbocycles. The zero-order valence-electron chi connectivity index (χ0n) is 13.2. The Morgan fingerprint density at radius 3 is 2.71 bits per heavy atom. The van der Waals surface area contributed by atoms with E-state index < -0.39 is 12.0 Å². The highest BCUT2D eigenvalue weighted by molar-refractivity contribution is 5.86. The number of H-pyrrole nitrogens is 1. The summed E-state index contributed by atoms with van der Waals surface area (Å²) in [6.45, 7) is 0.922. The Bertz CT molecular complexity index is 859. The van der Waals surface area contributed by atoms with Crippen molar-refractivity contribution < 1.29 is 20.4 Å². The summed E-state index contributed by atoms with van der Waals surface area (Å²) < 4.78 is 0. The Hall–Kier alpha value is -2.67. The summed E-state index contributed by atoms with van der Waals surface area (Å²) in [5, 5.41) is 12.2. The quantitative estimate of drug-likeness (QED) is 0.713. The van der Waals surface area contributed by atoms with Crippen molar-refractivity contribution in [2.75, 3.05) is 6.54 Å². The van der Waals surface area contributed by atoms with Gasteiger partial charge in [-0.3, -0.25) is 9.59 Å². The van der Waals surface area contributed by atoms with Gasteiger partial charge in [0.25, 0.3) is 5.56 Å². The van der Waals surface area contributed by atoms with Crippen LogP contribution in [0.5, 0.6) is 0 Å². The van der Waals surface area contributed by atoms with E-state index in [0.29, 0.717) is 24.9 Å². The predicted molar refractivity (Wildman–Crippen MR) is 84.6 cm³/mol. The molecule has 0 saturated heterocycles. The molecule has 0 bridgehead atoms. The molecule has 0 aliphatic carbocycles. The molecule has 0 spiro atoms. The van der Waals surface area contributed by atoms with Gasteiger partial charge in [-0.15, -0.1) is 0 Å². The fraction of sp³-hybridized carbons (Fsp3) is 0.353. The molecule has 126 valence electrons. The van der Waals surface area contributed by atoms with E-state index in [2.05, 4.69) is 10.7 Å². The number of benzene rings is 1. The van der Waals surface area contributed by atoms with Gasteiger partial charge in [-0.25, -0.2) is 0 Å². The number of carbonyl (C=O) groups excluding carboxylic acids is 2. The minimum atomic E-state index is -1.24. The van der Waals surface area contributed by atoms with Crippen LogP contribution in [0.1, 0.15) is 24.1 Å². The highest BCUT2D eigenvalue weighted by Crippen LogP contribution is 2.24. The molecule has 2 heterocycles. The van der Waals surface area contributed by atoms with Crippen molar-refractivity contribution in [1.82, 2.24) is 9.88 Å². The van der Waals surface area contributed by atoms with E-state index in [1.54, 1.807) is 11.0 Å². The van der Waals surface area contributed by atoms with Gasteiger partial charge >= 0.3 is 0 Å². The highest BCUT2D eigenvalue weighted by Gasteiger charge is 2.24. The van der Waals surface area contributed by atoms with Crippen LogP contribution in [-0.4, -0.2) is 34.3 Å². The smallest absolute Gasteiger partial charge is 0.256 e. The van der Waals surface area contributed by atoms with Gasteiger partial charge in [0, 0.05) is 43.4 Å². The minimum absolute atomic E-state index is 0.106. The zero-order chi connectivity index (χ0) is 17.3. The second kappa shape index (κ2) is 6.45. The number of rotatable bonds is 4. The molecule has 1 aliphatic heterocycles. The second-order valence-corrected chi connectivity index (χ2v) is 6.08. The number of quaternary nitrogens is 1. The Labute approximate surface area is 138 Å². The summed E-state index contributed by atoms with van der Waals surface area (Å²) in [5.41, 5.74) is 5.18. The fourth-order valence-electron chi connectivity index (χ4n) is 3.08. The molecule has 1 aromatic carbocycles. The first kappa shape index (κ1) is 16.2. The third-order valence-corrected chi connectivity index (χ3v) is 4.50. The molecule has 24 heavy (non-hydrogen) atoms. The van der Waals surface area contributed by atoms with Crippen LogP contribution in [0.15, 0.2) is 29.1 Å². The molecule has 0 fully saturated rings. The summed E-state index contributed by atoms with van der Waals surface area (Å²) in [5.74, 6) is -1.35. The van der Waals surface area contributed by atoms with Gasteiger partial charge in [-0.1, -0.05) is 18.2 Å². The zero-order valence-corrected chi connectivity index (χ0v) is 13.2. The number of nitrogens with zero attached hydrogens (tertiary/aromatic N) is 1. The lowest BCUT2D eigenvalue weighted by Crippen LogP contribution is -2.68. The number of nitrogens with one attached hydrogen (secondary N) is 1. The molecule has 1 aromatic heterocycles. The van der Waals surface area contributed by atoms with Crippen LogP contribution >= 0.6 is 0 Å². The Morgan fingerprint density at radius 1 is 1.29 bits per heavy atom. The number of amides is 1. The van der Waals surface area contributed by atoms with E-state index in [4.69, 9.17) is 0 Å².